The van der Waals surface area contributed by atoms with Crippen molar-refractivity contribution in [3.63, 3.8) is 0 Å². The van der Waals surface area contributed by atoms with Crippen molar-refractivity contribution in [3.05, 3.63) is 91.0 Å². The van der Waals surface area contributed by atoms with Gasteiger partial charge >= 0.3 is 0 Å². The molecule has 0 saturated heterocycles. The Morgan fingerprint density at radius 2 is 1.38 bits per heavy atom. The van der Waals surface area contributed by atoms with Gasteiger partial charge in [-0.25, -0.2) is 0 Å². The van der Waals surface area contributed by atoms with E-state index in [1.807, 2.05) is 66.7 Å². The summed E-state index contributed by atoms with van der Waals surface area (Å²) in [6.45, 7) is 11.2. The van der Waals surface area contributed by atoms with Gasteiger partial charge in [-0.3, -0.25) is 0 Å². The van der Waals surface area contributed by atoms with E-state index in [1.165, 1.54) is 0 Å². The number of nitrogens with zero attached hydrogens (tertiary/aromatic N) is 1. The van der Waals surface area contributed by atoms with Crippen LogP contribution in [0.1, 0.15) is 23.1 Å². The minimum absolute atomic E-state index is 0.407. The number of hydrogen-bond donors (Lipinski definition) is 0. The summed E-state index contributed by atoms with van der Waals surface area (Å²) in [6.07, 6.45) is 4.07. The van der Waals surface area contributed by atoms with Gasteiger partial charge in [-0.1, -0.05) is 86.5 Å². The second-order valence-electron chi connectivity index (χ2n) is 4.34. The smallest absolute Gasteiger partial charge is 0.0669 e. The van der Waals surface area contributed by atoms with Crippen LogP contribution in [0.15, 0.2) is 74.3 Å². The lowest BCUT2D eigenvalue weighted by Gasteiger charge is -1.98. The van der Waals surface area contributed by atoms with E-state index in [4.69, 9.17) is 5.26 Å². The van der Waals surface area contributed by atoms with Crippen LogP contribution in [0.4, 0.5) is 0 Å². The third-order valence-corrected chi connectivity index (χ3v) is 2.91. The van der Waals surface area contributed by atoms with Gasteiger partial charge in [0.1, 0.15) is 0 Å². The zero-order chi connectivity index (χ0) is 15.5. The van der Waals surface area contributed by atoms with E-state index in [-0.39, 0.29) is 0 Å². The van der Waals surface area contributed by atoms with Crippen LogP contribution in [-0.4, -0.2) is 0 Å². The molecule has 2 aromatic rings. The second-order valence-corrected chi connectivity index (χ2v) is 4.34. The molecule has 104 valence electrons. The van der Waals surface area contributed by atoms with E-state index in [9.17, 15) is 0 Å². The van der Waals surface area contributed by atoms with Crippen molar-refractivity contribution >= 4 is 17.7 Å². The molecule has 0 spiro atoms. The summed E-state index contributed by atoms with van der Waals surface area (Å²) >= 11 is 0. The lowest BCUT2D eigenvalue weighted by atomic mass is 10.1. The number of rotatable bonds is 4. The van der Waals surface area contributed by atoms with Crippen LogP contribution in [0, 0.1) is 11.3 Å². The van der Waals surface area contributed by atoms with Crippen molar-refractivity contribution < 1.29 is 0 Å². The molecule has 0 amide bonds. The molecule has 2 aromatic carbocycles. The number of allylic oxidation sites excluding steroid dienone is 1. The van der Waals surface area contributed by atoms with Crippen molar-refractivity contribution in [2.75, 3.05) is 0 Å². The van der Waals surface area contributed by atoms with Gasteiger partial charge in [0.25, 0.3) is 0 Å². The van der Waals surface area contributed by atoms with Gasteiger partial charge in [-0.15, -0.1) is 0 Å². The van der Waals surface area contributed by atoms with Crippen LogP contribution in [0.5, 0.6) is 0 Å². The van der Waals surface area contributed by atoms with Crippen molar-refractivity contribution in [3.8, 4) is 6.07 Å². The molecule has 1 nitrogen and oxygen atoms in total. The van der Waals surface area contributed by atoms with Crippen molar-refractivity contribution in [1.29, 1.82) is 5.26 Å². The van der Waals surface area contributed by atoms with Gasteiger partial charge in [0, 0.05) is 0 Å². The fourth-order valence-corrected chi connectivity index (χ4v) is 1.75. The molecule has 0 radical (unpaired) electrons. The van der Waals surface area contributed by atoms with Gasteiger partial charge in [-0.2, -0.15) is 5.26 Å². The summed E-state index contributed by atoms with van der Waals surface area (Å²) in [6, 6.07) is 19.8. The molecule has 1 heteroatoms. The molecule has 21 heavy (non-hydrogen) atoms. The lowest BCUT2D eigenvalue weighted by molar-refractivity contribution is 1.36. The molecule has 0 heterocycles. The molecule has 0 aliphatic carbocycles. The highest BCUT2D eigenvalue weighted by molar-refractivity contribution is 5.64. The lowest BCUT2D eigenvalue weighted by Crippen LogP contribution is -1.78. The van der Waals surface area contributed by atoms with E-state index in [0.29, 0.717) is 6.42 Å². The SMILES string of the molecule is C=C(CC#N)c1ccccc1.C=Cc1ccccc1C=C. The summed E-state index contributed by atoms with van der Waals surface area (Å²) < 4.78 is 0. The first-order valence-electron chi connectivity index (χ1n) is 6.67. The predicted octanol–water partition coefficient (Wildman–Crippen LogP) is 5.59. The van der Waals surface area contributed by atoms with Crippen LogP contribution in [-0.2, 0) is 0 Å². The molecule has 0 saturated carbocycles. The normalized spacial score (nSPS) is 8.71. The van der Waals surface area contributed by atoms with E-state index < -0.39 is 0 Å². The van der Waals surface area contributed by atoms with Gasteiger partial charge < -0.3 is 0 Å². The standard InChI is InChI=1S/C10H9N.C10H10/c1-9(7-8-11)10-5-3-2-4-6-10;1-3-9-7-5-6-8-10(9)4-2/h2-6H,1,7H2;3-8H,1-2H2. The van der Waals surface area contributed by atoms with Crippen LogP contribution < -0.4 is 0 Å². The monoisotopic (exact) mass is 273 g/mol. The summed E-state index contributed by atoms with van der Waals surface area (Å²) in [5.74, 6) is 0. The molecule has 0 aliphatic rings. The quantitative estimate of drug-likeness (QED) is 0.712. The Hall–Kier alpha value is -2.85. The second kappa shape index (κ2) is 9.12. The van der Waals surface area contributed by atoms with Crippen molar-refractivity contribution in [2.45, 2.75) is 6.42 Å². The van der Waals surface area contributed by atoms with Crippen LogP contribution in [0.3, 0.4) is 0 Å². The molecule has 2 rings (SSSR count). The summed E-state index contributed by atoms with van der Waals surface area (Å²) in [4.78, 5) is 0. The molecule has 0 aliphatic heterocycles. The highest BCUT2D eigenvalue weighted by atomic mass is 14.2. The largest absolute Gasteiger partial charge is 0.198 e. The summed E-state index contributed by atoms with van der Waals surface area (Å²) in [5.41, 5.74) is 4.21. The first kappa shape index (κ1) is 16.2. The highest BCUT2D eigenvalue weighted by Gasteiger charge is 1.94. The Balaban J connectivity index is 0.000000211. The molecule has 0 atom stereocenters. The number of benzene rings is 2. The third-order valence-electron chi connectivity index (χ3n) is 2.91. The van der Waals surface area contributed by atoms with Crippen LogP contribution >= 0.6 is 0 Å². The number of hydrogen-bond acceptors (Lipinski definition) is 1. The Morgan fingerprint density at radius 3 is 1.81 bits per heavy atom. The van der Waals surface area contributed by atoms with Gasteiger partial charge in [0.2, 0.25) is 0 Å². The fourth-order valence-electron chi connectivity index (χ4n) is 1.75. The van der Waals surface area contributed by atoms with E-state index in [0.717, 1.165) is 22.3 Å². The topological polar surface area (TPSA) is 23.8 Å². The Bertz CT molecular complexity index is 618. The Labute approximate surface area is 127 Å². The summed E-state index contributed by atoms with van der Waals surface area (Å²) in [7, 11) is 0. The molecule has 0 aromatic heterocycles. The molecule has 0 fully saturated rings. The Morgan fingerprint density at radius 1 is 0.905 bits per heavy atom. The van der Waals surface area contributed by atoms with Crippen LogP contribution in [0.25, 0.3) is 17.7 Å². The number of nitriles is 1. The maximum Gasteiger partial charge on any atom is 0.0669 e. The molecular weight excluding hydrogens is 254 g/mol. The summed E-state index contributed by atoms with van der Waals surface area (Å²) in [5, 5.41) is 8.39. The highest BCUT2D eigenvalue weighted by Crippen LogP contribution is 2.13. The molecular formula is C20H19N. The van der Waals surface area contributed by atoms with Gasteiger partial charge in [0.05, 0.1) is 12.5 Å². The van der Waals surface area contributed by atoms with Crippen molar-refractivity contribution in [1.82, 2.24) is 0 Å². The Kier molecular flexibility index (Phi) is 7.04. The maximum absolute atomic E-state index is 8.39. The van der Waals surface area contributed by atoms with E-state index in [1.54, 1.807) is 0 Å². The first-order valence-corrected chi connectivity index (χ1v) is 6.67. The zero-order valence-electron chi connectivity index (χ0n) is 12.1. The first-order chi connectivity index (χ1) is 10.2. The fraction of sp³-hybridized carbons (Fsp3) is 0.0500. The average Bonchev–Trinajstić information content (AvgIpc) is 2.56. The van der Waals surface area contributed by atoms with E-state index in [2.05, 4.69) is 25.8 Å². The maximum atomic E-state index is 8.39. The van der Waals surface area contributed by atoms with Crippen molar-refractivity contribution in [2.24, 2.45) is 0 Å². The molecule has 0 bridgehead atoms. The minimum atomic E-state index is 0.407. The average molecular weight is 273 g/mol. The molecule has 0 N–H and O–H groups in total. The minimum Gasteiger partial charge on any atom is -0.198 e. The third kappa shape index (κ3) is 5.34. The zero-order valence-corrected chi connectivity index (χ0v) is 12.1. The predicted molar refractivity (Wildman–Crippen MR) is 92.3 cm³/mol. The van der Waals surface area contributed by atoms with Crippen LogP contribution in [0.2, 0.25) is 0 Å². The molecule has 0 unspecified atom stereocenters. The van der Waals surface area contributed by atoms with Gasteiger partial charge in [-0.05, 0) is 22.3 Å². The van der Waals surface area contributed by atoms with E-state index >= 15 is 0 Å². The van der Waals surface area contributed by atoms with Gasteiger partial charge in [0.15, 0.2) is 0 Å².